The molecular formula is C17H21PS. The van der Waals surface area contributed by atoms with Crippen molar-refractivity contribution < 1.29 is 0 Å². The van der Waals surface area contributed by atoms with Gasteiger partial charge in [0.1, 0.15) is 0 Å². The van der Waals surface area contributed by atoms with Gasteiger partial charge in [-0.2, -0.15) is 11.8 Å². The van der Waals surface area contributed by atoms with Gasteiger partial charge in [-0.3, -0.25) is 0 Å². The van der Waals surface area contributed by atoms with E-state index in [0.717, 1.165) is 5.25 Å². The Morgan fingerprint density at radius 2 is 1.37 bits per heavy atom. The maximum atomic E-state index is 2.30. The molecule has 0 amide bonds. The second-order valence-electron chi connectivity index (χ2n) is 4.55. The number of hydrogen-bond donors (Lipinski definition) is 0. The molecular weight excluding hydrogens is 267 g/mol. The number of hydrogen-bond acceptors (Lipinski definition) is 1. The molecule has 2 rings (SSSR count). The molecule has 0 nitrogen and oxygen atoms in total. The Labute approximate surface area is 122 Å². The summed E-state index contributed by atoms with van der Waals surface area (Å²) in [6, 6.07) is 22.0. The maximum Gasteiger partial charge on any atom is 0.00869 e. The molecule has 1 atom stereocenters. The zero-order valence-electron chi connectivity index (χ0n) is 11.6. The van der Waals surface area contributed by atoms with E-state index in [1.54, 1.807) is 0 Å². The van der Waals surface area contributed by atoms with E-state index >= 15 is 0 Å². The van der Waals surface area contributed by atoms with Crippen LogP contribution in [0.1, 0.15) is 13.3 Å². The summed E-state index contributed by atoms with van der Waals surface area (Å²) in [4.78, 5) is 0. The highest BCUT2D eigenvalue weighted by atomic mass is 32.2. The zero-order valence-corrected chi connectivity index (χ0v) is 13.3. The number of thioether (sulfide) groups is 1. The minimum atomic E-state index is -0.223. The van der Waals surface area contributed by atoms with Gasteiger partial charge in [-0.1, -0.05) is 67.6 Å². The highest BCUT2D eigenvalue weighted by Gasteiger charge is 2.17. The first kappa shape index (κ1) is 14.6. The van der Waals surface area contributed by atoms with Gasteiger partial charge in [0.25, 0.3) is 0 Å². The average Bonchev–Trinajstić information content (AvgIpc) is 2.50. The normalized spacial score (nSPS) is 12.6. The number of benzene rings is 2. The summed E-state index contributed by atoms with van der Waals surface area (Å²) >= 11 is 2.00. The third kappa shape index (κ3) is 4.09. The lowest BCUT2D eigenvalue weighted by molar-refractivity contribution is 0.916. The van der Waals surface area contributed by atoms with E-state index in [-0.39, 0.29) is 7.92 Å². The Balaban J connectivity index is 2.29. The van der Waals surface area contributed by atoms with Crippen LogP contribution >= 0.6 is 19.7 Å². The molecule has 0 saturated heterocycles. The first-order valence-corrected chi connectivity index (χ1v) is 9.57. The second-order valence-corrected chi connectivity index (χ2v) is 7.94. The third-order valence-electron chi connectivity index (χ3n) is 3.31. The minimum absolute atomic E-state index is 0.223. The van der Waals surface area contributed by atoms with Gasteiger partial charge < -0.3 is 0 Å². The van der Waals surface area contributed by atoms with Crippen LogP contribution in [0.25, 0.3) is 0 Å². The molecule has 0 N–H and O–H groups in total. The highest BCUT2D eigenvalue weighted by molar-refractivity contribution is 7.99. The summed E-state index contributed by atoms with van der Waals surface area (Å²) in [7, 11) is -0.223. The van der Waals surface area contributed by atoms with Crippen molar-refractivity contribution in [2.45, 2.75) is 18.6 Å². The van der Waals surface area contributed by atoms with E-state index in [9.17, 15) is 0 Å². The summed E-state index contributed by atoms with van der Waals surface area (Å²) in [6.45, 7) is 2.30. The van der Waals surface area contributed by atoms with Crippen molar-refractivity contribution in [2.24, 2.45) is 0 Å². The molecule has 2 aromatic rings. The van der Waals surface area contributed by atoms with Gasteiger partial charge >= 0.3 is 0 Å². The van der Waals surface area contributed by atoms with Crippen molar-refractivity contribution in [2.75, 3.05) is 12.4 Å². The summed E-state index contributed by atoms with van der Waals surface area (Å²) in [5.41, 5.74) is 0. The molecule has 19 heavy (non-hydrogen) atoms. The van der Waals surface area contributed by atoms with Crippen LogP contribution in [0.4, 0.5) is 0 Å². The Morgan fingerprint density at radius 3 is 1.74 bits per heavy atom. The Bertz CT molecular complexity index is 426. The molecule has 0 radical (unpaired) electrons. The van der Waals surface area contributed by atoms with E-state index < -0.39 is 0 Å². The van der Waals surface area contributed by atoms with Crippen molar-refractivity contribution >= 4 is 30.3 Å². The highest BCUT2D eigenvalue weighted by Crippen LogP contribution is 2.37. The predicted octanol–water partition coefficient (Wildman–Crippen LogP) is 4.26. The van der Waals surface area contributed by atoms with Gasteiger partial charge in [0.2, 0.25) is 0 Å². The summed E-state index contributed by atoms with van der Waals surface area (Å²) in [5.74, 6) is 0. The Kier molecular flexibility index (Phi) is 5.94. The molecule has 0 fully saturated rings. The lowest BCUT2D eigenvalue weighted by atomic mass is 10.4. The van der Waals surface area contributed by atoms with E-state index in [1.807, 2.05) is 11.8 Å². The van der Waals surface area contributed by atoms with Crippen molar-refractivity contribution in [3.05, 3.63) is 60.7 Å². The molecule has 0 spiro atoms. The standard InChI is InChI=1S/C17H21PS/c1-3-17(19-2)14-18(15-10-6-4-7-11-15)16-12-8-5-9-13-16/h4-13,17H,3,14H2,1-2H3. The summed E-state index contributed by atoms with van der Waals surface area (Å²) in [6.07, 6.45) is 4.76. The molecule has 2 aromatic carbocycles. The minimum Gasteiger partial charge on any atom is -0.162 e. The maximum absolute atomic E-state index is 2.30. The largest absolute Gasteiger partial charge is 0.162 e. The van der Waals surface area contributed by atoms with Crippen LogP contribution in [0.5, 0.6) is 0 Å². The Hall–Kier alpha value is -0.780. The SMILES string of the molecule is CCC(CP(c1ccccc1)c1ccccc1)SC. The summed E-state index contributed by atoms with van der Waals surface area (Å²) in [5, 5.41) is 3.75. The van der Waals surface area contributed by atoms with E-state index in [0.29, 0.717) is 0 Å². The molecule has 0 saturated carbocycles. The smallest absolute Gasteiger partial charge is 0.00869 e. The average molecular weight is 288 g/mol. The van der Waals surface area contributed by atoms with Crippen molar-refractivity contribution in [3.63, 3.8) is 0 Å². The monoisotopic (exact) mass is 288 g/mol. The van der Waals surface area contributed by atoms with E-state index in [1.165, 1.54) is 23.2 Å². The second kappa shape index (κ2) is 7.72. The lowest BCUT2D eigenvalue weighted by Gasteiger charge is -2.23. The molecule has 0 bridgehead atoms. The van der Waals surface area contributed by atoms with Gasteiger partial charge in [-0.05, 0) is 37.4 Å². The van der Waals surface area contributed by atoms with E-state index in [2.05, 4.69) is 73.8 Å². The molecule has 0 heterocycles. The van der Waals surface area contributed by atoms with Crippen LogP contribution in [0, 0.1) is 0 Å². The van der Waals surface area contributed by atoms with Crippen molar-refractivity contribution in [1.82, 2.24) is 0 Å². The molecule has 0 aliphatic rings. The fourth-order valence-corrected chi connectivity index (χ4v) is 5.98. The predicted molar refractivity (Wildman–Crippen MR) is 91.5 cm³/mol. The van der Waals surface area contributed by atoms with Crippen LogP contribution < -0.4 is 10.6 Å². The quantitative estimate of drug-likeness (QED) is 0.716. The molecule has 100 valence electrons. The molecule has 2 heteroatoms. The van der Waals surface area contributed by atoms with Crippen molar-refractivity contribution in [3.8, 4) is 0 Å². The van der Waals surface area contributed by atoms with Crippen LogP contribution in [0.15, 0.2) is 60.7 Å². The molecule has 1 unspecified atom stereocenters. The van der Waals surface area contributed by atoms with Crippen LogP contribution in [-0.4, -0.2) is 17.7 Å². The topological polar surface area (TPSA) is 0 Å². The zero-order chi connectivity index (χ0) is 13.5. The Morgan fingerprint density at radius 1 is 0.895 bits per heavy atom. The van der Waals surface area contributed by atoms with Gasteiger partial charge in [0.05, 0.1) is 0 Å². The van der Waals surface area contributed by atoms with Crippen molar-refractivity contribution in [1.29, 1.82) is 0 Å². The molecule has 0 aromatic heterocycles. The van der Waals surface area contributed by atoms with E-state index in [4.69, 9.17) is 0 Å². The van der Waals surface area contributed by atoms with Gasteiger partial charge in [0.15, 0.2) is 0 Å². The fraction of sp³-hybridized carbons (Fsp3) is 0.294. The molecule has 0 aliphatic heterocycles. The first-order chi connectivity index (χ1) is 9.35. The molecule has 0 aliphatic carbocycles. The van der Waals surface area contributed by atoms with Gasteiger partial charge in [-0.15, -0.1) is 0 Å². The number of rotatable bonds is 6. The lowest BCUT2D eigenvalue weighted by Crippen LogP contribution is -2.19. The van der Waals surface area contributed by atoms with Crippen LogP contribution in [-0.2, 0) is 0 Å². The van der Waals surface area contributed by atoms with Crippen LogP contribution in [0.3, 0.4) is 0 Å². The first-order valence-electron chi connectivity index (χ1n) is 6.75. The van der Waals surface area contributed by atoms with Gasteiger partial charge in [-0.25, -0.2) is 0 Å². The van der Waals surface area contributed by atoms with Gasteiger partial charge in [0, 0.05) is 5.25 Å². The third-order valence-corrected chi connectivity index (χ3v) is 7.37. The van der Waals surface area contributed by atoms with Crippen LogP contribution in [0.2, 0.25) is 0 Å². The fourth-order valence-electron chi connectivity index (χ4n) is 2.15. The summed E-state index contributed by atoms with van der Waals surface area (Å²) < 4.78 is 0.